The minimum atomic E-state index is -0.538. The van der Waals surface area contributed by atoms with Gasteiger partial charge in [-0.1, -0.05) is 0 Å². The second-order valence-electron chi connectivity index (χ2n) is 4.20. The van der Waals surface area contributed by atoms with Crippen LogP contribution in [0.5, 0.6) is 11.5 Å². The number of aryl methyl sites for hydroxylation is 1. The third-order valence-electron chi connectivity index (χ3n) is 3.04. The highest BCUT2D eigenvalue weighted by molar-refractivity contribution is 6.52. The number of methoxy groups -OCH3 is 2. The number of carbonyl (C=O) groups is 2. The zero-order valence-corrected chi connectivity index (χ0v) is 10.8. The van der Waals surface area contributed by atoms with Crippen LogP contribution in [0.4, 0.5) is 0 Å². The number of Topliss-reactive ketones (excluding diaryl/α,β-unsaturated/α-hetero) is 2. The first-order valence-electron chi connectivity index (χ1n) is 5.54. The Labute approximate surface area is 105 Å². The maximum absolute atomic E-state index is 12.1. The molecule has 0 aromatic heterocycles. The molecule has 0 spiro atoms. The quantitative estimate of drug-likeness (QED) is 0.750. The Balaban J connectivity index is 2.86. The summed E-state index contributed by atoms with van der Waals surface area (Å²) in [5.41, 5.74) is 2.09. The van der Waals surface area contributed by atoms with Crippen LogP contribution in [0.2, 0.25) is 0 Å². The molecular weight excluding hydrogens is 232 g/mol. The lowest BCUT2D eigenvalue weighted by Gasteiger charge is -2.19. The molecule has 4 heteroatoms. The van der Waals surface area contributed by atoms with Crippen molar-refractivity contribution in [3.63, 3.8) is 0 Å². The topological polar surface area (TPSA) is 52.6 Å². The molecule has 0 unspecified atom stereocenters. The lowest BCUT2D eigenvalue weighted by molar-refractivity contribution is -0.111. The lowest BCUT2D eigenvalue weighted by Crippen LogP contribution is -2.21. The number of benzene rings is 1. The van der Waals surface area contributed by atoms with Crippen molar-refractivity contribution in [1.82, 2.24) is 0 Å². The van der Waals surface area contributed by atoms with E-state index in [0.717, 1.165) is 5.56 Å². The van der Waals surface area contributed by atoms with E-state index in [1.165, 1.54) is 14.2 Å². The highest BCUT2D eigenvalue weighted by atomic mass is 16.5. The highest BCUT2D eigenvalue weighted by Gasteiger charge is 2.31. The Morgan fingerprint density at radius 1 is 1.00 bits per heavy atom. The Morgan fingerprint density at radius 2 is 1.67 bits per heavy atom. The number of fused-ring (bicyclic) bond motifs is 1. The summed E-state index contributed by atoms with van der Waals surface area (Å²) in [6.07, 6.45) is 1.67. The van der Waals surface area contributed by atoms with E-state index in [9.17, 15) is 9.59 Å². The zero-order chi connectivity index (χ0) is 13.4. The SMILES string of the molecule is COc1cc(C)c(OC)c2c1C=C(C)C(=O)C2=O. The van der Waals surface area contributed by atoms with Crippen molar-refractivity contribution in [2.24, 2.45) is 0 Å². The van der Waals surface area contributed by atoms with Crippen molar-refractivity contribution in [2.45, 2.75) is 13.8 Å². The molecule has 1 aliphatic carbocycles. The molecule has 4 nitrogen and oxygen atoms in total. The van der Waals surface area contributed by atoms with Gasteiger partial charge >= 0.3 is 0 Å². The smallest absolute Gasteiger partial charge is 0.237 e. The Hall–Kier alpha value is -2.10. The highest BCUT2D eigenvalue weighted by Crippen LogP contribution is 2.38. The van der Waals surface area contributed by atoms with Gasteiger partial charge in [-0.25, -0.2) is 0 Å². The third kappa shape index (κ3) is 1.61. The summed E-state index contributed by atoms with van der Waals surface area (Å²) < 4.78 is 10.5. The number of rotatable bonds is 2. The van der Waals surface area contributed by atoms with E-state index < -0.39 is 11.6 Å². The normalized spacial score (nSPS) is 14.1. The van der Waals surface area contributed by atoms with Gasteiger partial charge in [0.15, 0.2) is 0 Å². The summed E-state index contributed by atoms with van der Waals surface area (Å²) in [6, 6.07) is 1.80. The van der Waals surface area contributed by atoms with E-state index >= 15 is 0 Å². The molecule has 1 aliphatic rings. The Bertz CT molecular complexity index is 582. The number of carbonyl (C=O) groups excluding carboxylic acids is 2. The minimum absolute atomic E-state index is 0.296. The fourth-order valence-corrected chi connectivity index (χ4v) is 2.16. The summed E-state index contributed by atoms with van der Waals surface area (Å²) >= 11 is 0. The second kappa shape index (κ2) is 4.29. The minimum Gasteiger partial charge on any atom is -0.496 e. The monoisotopic (exact) mass is 246 g/mol. The van der Waals surface area contributed by atoms with Crippen LogP contribution >= 0.6 is 0 Å². The van der Waals surface area contributed by atoms with Crippen LogP contribution in [0.3, 0.4) is 0 Å². The molecular formula is C14H14O4. The molecule has 0 N–H and O–H groups in total. The number of ether oxygens (including phenoxy) is 2. The van der Waals surface area contributed by atoms with Crippen molar-refractivity contribution >= 4 is 17.6 Å². The molecule has 0 saturated carbocycles. The molecule has 0 heterocycles. The molecule has 0 atom stereocenters. The average Bonchev–Trinajstić information content (AvgIpc) is 2.36. The first-order valence-corrected chi connectivity index (χ1v) is 5.54. The van der Waals surface area contributed by atoms with Gasteiger partial charge < -0.3 is 9.47 Å². The summed E-state index contributed by atoms with van der Waals surface area (Å²) in [5.74, 6) is -0.0197. The van der Waals surface area contributed by atoms with E-state index in [1.807, 2.05) is 6.92 Å². The first-order chi connectivity index (χ1) is 8.51. The van der Waals surface area contributed by atoms with Gasteiger partial charge in [-0.2, -0.15) is 0 Å². The summed E-state index contributed by atoms with van der Waals surface area (Å²) in [5, 5.41) is 0. The molecule has 94 valence electrons. The molecule has 1 aromatic rings. The molecule has 0 bridgehead atoms. The van der Waals surface area contributed by atoms with Gasteiger partial charge in [-0.05, 0) is 31.6 Å². The summed E-state index contributed by atoms with van der Waals surface area (Å²) in [7, 11) is 3.02. The van der Waals surface area contributed by atoms with Gasteiger partial charge in [0.05, 0.1) is 19.8 Å². The molecule has 1 aromatic carbocycles. The van der Waals surface area contributed by atoms with Crippen LogP contribution in [0, 0.1) is 6.92 Å². The van der Waals surface area contributed by atoms with Crippen molar-refractivity contribution in [3.05, 3.63) is 28.3 Å². The van der Waals surface area contributed by atoms with Crippen LogP contribution in [-0.2, 0) is 4.79 Å². The van der Waals surface area contributed by atoms with Gasteiger partial charge in [0.25, 0.3) is 0 Å². The van der Waals surface area contributed by atoms with Crippen LogP contribution < -0.4 is 9.47 Å². The van der Waals surface area contributed by atoms with E-state index in [4.69, 9.17) is 9.47 Å². The standard InChI is InChI=1S/C14H14O4/c1-7-5-9-10(17-3)6-8(2)14(18-4)11(9)13(16)12(7)15/h5-6H,1-4H3. The number of hydrogen-bond acceptors (Lipinski definition) is 4. The van der Waals surface area contributed by atoms with Crippen LogP contribution in [0.1, 0.15) is 28.4 Å². The maximum Gasteiger partial charge on any atom is 0.237 e. The van der Waals surface area contributed by atoms with Gasteiger partial charge in [0.2, 0.25) is 11.6 Å². The maximum atomic E-state index is 12.1. The first kappa shape index (κ1) is 12.4. The van der Waals surface area contributed by atoms with Gasteiger partial charge in [-0.3, -0.25) is 9.59 Å². The van der Waals surface area contributed by atoms with Crippen molar-refractivity contribution in [1.29, 1.82) is 0 Å². The number of hydrogen-bond donors (Lipinski definition) is 0. The third-order valence-corrected chi connectivity index (χ3v) is 3.04. The Kier molecular flexibility index (Phi) is 2.95. The predicted molar refractivity (Wildman–Crippen MR) is 67.3 cm³/mol. The molecule has 2 rings (SSSR count). The number of ketones is 2. The van der Waals surface area contributed by atoms with Crippen molar-refractivity contribution in [3.8, 4) is 11.5 Å². The van der Waals surface area contributed by atoms with E-state index in [1.54, 1.807) is 19.1 Å². The molecule has 0 saturated heterocycles. The van der Waals surface area contributed by atoms with E-state index in [-0.39, 0.29) is 0 Å². The fraction of sp³-hybridized carbons (Fsp3) is 0.286. The fourth-order valence-electron chi connectivity index (χ4n) is 2.16. The number of allylic oxidation sites excluding steroid dienone is 1. The van der Waals surface area contributed by atoms with Gasteiger partial charge in [-0.15, -0.1) is 0 Å². The average molecular weight is 246 g/mol. The molecule has 0 aliphatic heterocycles. The molecule has 18 heavy (non-hydrogen) atoms. The summed E-state index contributed by atoms with van der Waals surface area (Å²) in [6.45, 7) is 3.43. The van der Waals surface area contributed by atoms with Crippen LogP contribution in [0.25, 0.3) is 6.08 Å². The van der Waals surface area contributed by atoms with E-state index in [2.05, 4.69) is 0 Å². The zero-order valence-electron chi connectivity index (χ0n) is 10.8. The predicted octanol–water partition coefficient (Wildman–Crippen LogP) is 2.18. The summed E-state index contributed by atoms with van der Waals surface area (Å²) in [4.78, 5) is 23.9. The lowest BCUT2D eigenvalue weighted by atomic mass is 9.88. The van der Waals surface area contributed by atoms with E-state index in [0.29, 0.717) is 28.2 Å². The molecule has 0 amide bonds. The van der Waals surface area contributed by atoms with Crippen molar-refractivity contribution in [2.75, 3.05) is 14.2 Å². The Morgan fingerprint density at radius 3 is 2.22 bits per heavy atom. The van der Waals surface area contributed by atoms with Crippen LogP contribution in [-0.4, -0.2) is 25.8 Å². The molecule has 0 fully saturated rings. The van der Waals surface area contributed by atoms with Gasteiger partial charge in [0.1, 0.15) is 11.5 Å². The van der Waals surface area contributed by atoms with Crippen molar-refractivity contribution < 1.29 is 19.1 Å². The largest absolute Gasteiger partial charge is 0.496 e. The molecule has 0 radical (unpaired) electrons. The van der Waals surface area contributed by atoms with Gasteiger partial charge in [0, 0.05) is 11.1 Å². The second-order valence-corrected chi connectivity index (χ2v) is 4.20. The van der Waals surface area contributed by atoms with Crippen LogP contribution in [0.15, 0.2) is 11.6 Å².